The van der Waals surface area contributed by atoms with Crippen LogP contribution in [0.4, 0.5) is 0 Å². The maximum atomic E-state index is 12.8. The van der Waals surface area contributed by atoms with E-state index in [0.717, 1.165) is 25.7 Å². The van der Waals surface area contributed by atoms with Gasteiger partial charge in [0.15, 0.2) is 6.61 Å². The number of hydrogen-bond acceptors (Lipinski definition) is 5. The second kappa shape index (κ2) is 7.57. The largest absolute Gasteiger partial charge is 0.467 e. The fourth-order valence-electron chi connectivity index (χ4n) is 5.66. The fraction of sp³-hybridized carbons (Fsp3) is 0.850. The van der Waals surface area contributed by atoms with E-state index < -0.39 is 17.9 Å². The van der Waals surface area contributed by atoms with Gasteiger partial charge in [0.2, 0.25) is 0 Å². The number of methoxy groups -OCH3 is 1. The summed E-state index contributed by atoms with van der Waals surface area (Å²) in [6.45, 7) is 3.49. The van der Waals surface area contributed by atoms with Crippen molar-refractivity contribution < 1.29 is 23.9 Å². The molecular weight excluding hydrogens is 334 g/mol. The second-order valence-electron chi connectivity index (χ2n) is 8.73. The predicted molar refractivity (Wildman–Crippen MR) is 95.0 cm³/mol. The second-order valence-corrected chi connectivity index (χ2v) is 8.73. The Morgan fingerprint density at radius 2 is 1.62 bits per heavy atom. The lowest BCUT2D eigenvalue weighted by Crippen LogP contribution is -2.51. The van der Waals surface area contributed by atoms with E-state index in [0.29, 0.717) is 17.8 Å². The summed E-state index contributed by atoms with van der Waals surface area (Å²) in [7, 11) is 1.30. The van der Waals surface area contributed by atoms with Crippen LogP contribution in [0.1, 0.15) is 58.8 Å². The Kier molecular flexibility index (Phi) is 5.58. The molecule has 0 spiro atoms. The molecule has 6 nitrogen and oxygen atoms in total. The summed E-state index contributed by atoms with van der Waals surface area (Å²) in [6.07, 6.45) is 7.23. The number of rotatable bonds is 7. The van der Waals surface area contributed by atoms with Crippen molar-refractivity contribution >= 4 is 17.8 Å². The minimum absolute atomic E-state index is 0.0507. The SMILES string of the molecule is CC[C@H](C)[C@@H](NC(=O)COC(=O)C12CC3CC(CC(C3)C1)C2)C(=O)OC. The summed E-state index contributed by atoms with van der Waals surface area (Å²) in [6, 6.07) is -0.712. The van der Waals surface area contributed by atoms with Gasteiger partial charge in [-0.2, -0.15) is 0 Å². The molecule has 146 valence electrons. The van der Waals surface area contributed by atoms with Crippen LogP contribution in [0.2, 0.25) is 0 Å². The van der Waals surface area contributed by atoms with E-state index in [4.69, 9.17) is 9.47 Å². The average Bonchev–Trinajstić information content (AvgIpc) is 2.61. The summed E-state index contributed by atoms with van der Waals surface area (Å²) in [5.41, 5.74) is -0.368. The Hall–Kier alpha value is -1.59. The summed E-state index contributed by atoms with van der Waals surface area (Å²) in [4.78, 5) is 36.9. The van der Waals surface area contributed by atoms with Crippen molar-refractivity contribution in [2.75, 3.05) is 13.7 Å². The molecule has 26 heavy (non-hydrogen) atoms. The molecule has 1 amide bonds. The van der Waals surface area contributed by atoms with Crippen LogP contribution in [-0.4, -0.2) is 37.6 Å². The van der Waals surface area contributed by atoms with Gasteiger partial charge >= 0.3 is 11.9 Å². The van der Waals surface area contributed by atoms with Crippen LogP contribution in [0, 0.1) is 29.1 Å². The van der Waals surface area contributed by atoms with E-state index in [1.807, 2.05) is 13.8 Å². The monoisotopic (exact) mass is 365 g/mol. The maximum absolute atomic E-state index is 12.8. The molecule has 0 aromatic heterocycles. The Balaban J connectivity index is 1.54. The first-order chi connectivity index (χ1) is 12.4. The molecular formula is C20H31NO5. The topological polar surface area (TPSA) is 81.7 Å². The van der Waals surface area contributed by atoms with E-state index >= 15 is 0 Å². The zero-order chi connectivity index (χ0) is 18.9. The zero-order valence-corrected chi connectivity index (χ0v) is 16.1. The van der Waals surface area contributed by atoms with Gasteiger partial charge in [0, 0.05) is 0 Å². The van der Waals surface area contributed by atoms with Gasteiger partial charge in [-0.3, -0.25) is 9.59 Å². The first kappa shape index (κ1) is 19.2. The number of nitrogens with one attached hydrogen (secondary N) is 1. The molecule has 0 radical (unpaired) electrons. The highest BCUT2D eigenvalue weighted by atomic mass is 16.5. The molecule has 4 fully saturated rings. The molecule has 4 bridgehead atoms. The molecule has 4 aliphatic rings. The number of esters is 2. The maximum Gasteiger partial charge on any atom is 0.328 e. The molecule has 0 saturated heterocycles. The highest BCUT2D eigenvalue weighted by Gasteiger charge is 2.55. The van der Waals surface area contributed by atoms with Crippen LogP contribution in [-0.2, 0) is 23.9 Å². The highest BCUT2D eigenvalue weighted by Crippen LogP contribution is 2.60. The van der Waals surface area contributed by atoms with Crippen LogP contribution in [0.3, 0.4) is 0 Å². The minimum Gasteiger partial charge on any atom is -0.467 e. The minimum atomic E-state index is -0.712. The third-order valence-corrected chi connectivity index (χ3v) is 6.79. The van der Waals surface area contributed by atoms with Crippen molar-refractivity contribution in [1.82, 2.24) is 5.32 Å². The third kappa shape index (κ3) is 3.74. The number of ether oxygens (including phenoxy) is 2. The molecule has 1 N–H and O–H groups in total. The standard InChI is InChI=1S/C20H31NO5/c1-4-12(2)17(18(23)25-3)21-16(22)11-26-19(24)20-8-13-5-14(9-20)7-15(6-13)10-20/h12-15,17H,4-11H2,1-3H3,(H,21,22)/t12-,13?,14?,15?,17+,20?/m0/s1. The van der Waals surface area contributed by atoms with Crippen molar-refractivity contribution in [3.63, 3.8) is 0 Å². The van der Waals surface area contributed by atoms with Crippen LogP contribution in [0.5, 0.6) is 0 Å². The van der Waals surface area contributed by atoms with E-state index in [9.17, 15) is 14.4 Å². The lowest BCUT2D eigenvalue weighted by Gasteiger charge is -2.55. The quantitative estimate of drug-likeness (QED) is 0.701. The molecule has 0 unspecified atom stereocenters. The molecule has 0 heterocycles. The van der Waals surface area contributed by atoms with Gasteiger partial charge in [0.1, 0.15) is 6.04 Å². The summed E-state index contributed by atoms with van der Waals surface area (Å²) in [5.74, 6) is 0.763. The Labute approximate surface area is 155 Å². The van der Waals surface area contributed by atoms with Crippen molar-refractivity contribution in [3.8, 4) is 0 Å². The Morgan fingerprint density at radius 1 is 1.08 bits per heavy atom. The molecule has 0 aromatic carbocycles. The van der Waals surface area contributed by atoms with E-state index in [2.05, 4.69) is 5.32 Å². The van der Waals surface area contributed by atoms with Gasteiger partial charge in [0.25, 0.3) is 5.91 Å². The smallest absolute Gasteiger partial charge is 0.328 e. The normalized spacial score (nSPS) is 34.0. The number of carbonyl (C=O) groups excluding carboxylic acids is 3. The number of hydrogen-bond donors (Lipinski definition) is 1. The fourth-order valence-corrected chi connectivity index (χ4v) is 5.66. The van der Waals surface area contributed by atoms with Gasteiger partial charge in [-0.05, 0) is 62.2 Å². The van der Waals surface area contributed by atoms with Crippen molar-refractivity contribution in [2.24, 2.45) is 29.1 Å². The number of carbonyl (C=O) groups is 3. The predicted octanol–water partition coefficient (Wildman–Crippen LogP) is 2.45. The van der Waals surface area contributed by atoms with Gasteiger partial charge < -0.3 is 14.8 Å². The molecule has 0 aromatic rings. The van der Waals surface area contributed by atoms with Gasteiger partial charge in [0.05, 0.1) is 12.5 Å². The Morgan fingerprint density at radius 3 is 2.08 bits per heavy atom. The summed E-state index contributed by atoms with van der Waals surface area (Å²) < 4.78 is 10.2. The number of amides is 1. The van der Waals surface area contributed by atoms with Crippen molar-refractivity contribution in [3.05, 3.63) is 0 Å². The van der Waals surface area contributed by atoms with Crippen LogP contribution in [0.25, 0.3) is 0 Å². The van der Waals surface area contributed by atoms with E-state index in [1.165, 1.54) is 26.4 Å². The van der Waals surface area contributed by atoms with Gasteiger partial charge in [-0.15, -0.1) is 0 Å². The molecule has 4 aliphatic carbocycles. The van der Waals surface area contributed by atoms with E-state index in [-0.39, 0.29) is 23.9 Å². The molecule has 2 atom stereocenters. The van der Waals surface area contributed by atoms with Crippen LogP contribution >= 0.6 is 0 Å². The highest BCUT2D eigenvalue weighted by molar-refractivity contribution is 5.87. The molecule has 6 heteroatoms. The lowest BCUT2D eigenvalue weighted by atomic mass is 9.49. The van der Waals surface area contributed by atoms with Crippen LogP contribution < -0.4 is 5.32 Å². The zero-order valence-electron chi connectivity index (χ0n) is 16.1. The summed E-state index contributed by atoms with van der Waals surface area (Å²) in [5, 5.41) is 2.66. The molecule has 4 rings (SSSR count). The summed E-state index contributed by atoms with van der Waals surface area (Å²) >= 11 is 0. The van der Waals surface area contributed by atoms with Crippen LogP contribution in [0.15, 0.2) is 0 Å². The first-order valence-electron chi connectivity index (χ1n) is 9.91. The molecule has 0 aliphatic heterocycles. The molecule has 4 saturated carbocycles. The van der Waals surface area contributed by atoms with Gasteiger partial charge in [-0.25, -0.2) is 4.79 Å². The third-order valence-electron chi connectivity index (χ3n) is 6.79. The first-order valence-corrected chi connectivity index (χ1v) is 9.91. The Bertz CT molecular complexity index is 537. The van der Waals surface area contributed by atoms with Crippen molar-refractivity contribution in [1.29, 1.82) is 0 Å². The van der Waals surface area contributed by atoms with E-state index in [1.54, 1.807) is 0 Å². The van der Waals surface area contributed by atoms with Gasteiger partial charge in [-0.1, -0.05) is 20.3 Å². The van der Waals surface area contributed by atoms with Crippen molar-refractivity contribution in [2.45, 2.75) is 64.8 Å². The average molecular weight is 365 g/mol. The lowest BCUT2D eigenvalue weighted by molar-refractivity contribution is -0.173.